The zero-order valence-electron chi connectivity index (χ0n) is 13.7. The van der Waals surface area contributed by atoms with Gasteiger partial charge in [0.15, 0.2) is 0 Å². The molecular weight excluding hydrogens is 326 g/mol. The maximum absolute atomic E-state index is 12.5. The number of primary amides is 1. The third kappa shape index (κ3) is 4.08. The van der Waals surface area contributed by atoms with E-state index in [1.54, 1.807) is 12.1 Å². The summed E-state index contributed by atoms with van der Waals surface area (Å²) in [5.41, 5.74) is 13.0. The number of hydrogen-bond acceptors (Lipinski definition) is 3. The molecule has 2 aliphatic rings. The van der Waals surface area contributed by atoms with Crippen molar-refractivity contribution in [3.05, 3.63) is 35.4 Å². The molecule has 2 fully saturated rings. The number of fused-ring (bicyclic) bond motifs is 2. The van der Waals surface area contributed by atoms with Gasteiger partial charge in [-0.1, -0.05) is 18.6 Å². The second-order valence-electron chi connectivity index (χ2n) is 6.98. The Morgan fingerprint density at radius 1 is 1.08 bits per heavy atom. The van der Waals surface area contributed by atoms with Crippen molar-refractivity contribution in [2.45, 2.75) is 44.7 Å². The second kappa shape index (κ2) is 7.99. The van der Waals surface area contributed by atoms with Crippen molar-refractivity contribution in [1.82, 2.24) is 5.32 Å². The SMILES string of the molecule is Cl.NC(=O)c1ccc(CNC(=O)C2CC3CCCC(C2)C3N)cc1. The van der Waals surface area contributed by atoms with Crippen molar-refractivity contribution >= 4 is 24.2 Å². The molecule has 0 aromatic heterocycles. The van der Waals surface area contributed by atoms with Gasteiger partial charge >= 0.3 is 0 Å². The van der Waals surface area contributed by atoms with Crippen LogP contribution in [0.25, 0.3) is 0 Å². The van der Waals surface area contributed by atoms with Crippen LogP contribution in [-0.4, -0.2) is 17.9 Å². The van der Waals surface area contributed by atoms with E-state index in [4.69, 9.17) is 11.5 Å². The number of benzene rings is 1. The molecule has 24 heavy (non-hydrogen) atoms. The molecule has 2 amide bonds. The van der Waals surface area contributed by atoms with Gasteiger partial charge in [0.05, 0.1) is 0 Å². The summed E-state index contributed by atoms with van der Waals surface area (Å²) in [4.78, 5) is 23.5. The van der Waals surface area contributed by atoms with Gasteiger partial charge in [0, 0.05) is 24.1 Å². The summed E-state index contributed by atoms with van der Waals surface area (Å²) in [6, 6.07) is 7.31. The standard InChI is InChI=1S/C18H25N3O2.ClH/c19-16-13-2-1-3-14(16)9-15(8-13)18(23)21-10-11-4-6-12(7-5-11)17(20)22;/h4-7,13-16H,1-3,8-10,19H2,(H2,20,22)(H,21,23);1H. The lowest BCUT2D eigenvalue weighted by atomic mass is 9.65. The summed E-state index contributed by atoms with van der Waals surface area (Å²) < 4.78 is 0. The lowest BCUT2D eigenvalue weighted by Gasteiger charge is -2.43. The van der Waals surface area contributed by atoms with Crippen LogP contribution in [0.1, 0.15) is 48.0 Å². The molecule has 3 rings (SSSR count). The normalized spacial score (nSPS) is 28.5. The first-order valence-electron chi connectivity index (χ1n) is 8.46. The van der Waals surface area contributed by atoms with Gasteiger partial charge in [-0.15, -0.1) is 12.4 Å². The van der Waals surface area contributed by atoms with Crippen LogP contribution in [0.5, 0.6) is 0 Å². The molecule has 0 saturated heterocycles. The van der Waals surface area contributed by atoms with E-state index in [0.29, 0.717) is 23.9 Å². The molecule has 0 radical (unpaired) electrons. The van der Waals surface area contributed by atoms with Gasteiger partial charge in [-0.25, -0.2) is 0 Å². The third-order valence-electron chi connectivity index (χ3n) is 5.49. The Hall–Kier alpha value is -1.59. The molecule has 2 atom stereocenters. The summed E-state index contributed by atoms with van der Waals surface area (Å²) in [6.07, 6.45) is 5.42. The van der Waals surface area contributed by atoms with E-state index in [9.17, 15) is 9.59 Å². The molecule has 2 saturated carbocycles. The maximum Gasteiger partial charge on any atom is 0.248 e. The highest BCUT2D eigenvalue weighted by Crippen LogP contribution is 2.41. The average Bonchev–Trinajstić information content (AvgIpc) is 2.52. The predicted octanol–water partition coefficient (Wildman–Crippen LogP) is 1.98. The summed E-state index contributed by atoms with van der Waals surface area (Å²) in [5.74, 6) is 0.801. The van der Waals surface area contributed by atoms with Crippen molar-refractivity contribution in [1.29, 1.82) is 0 Å². The minimum absolute atomic E-state index is 0. The molecule has 2 unspecified atom stereocenters. The summed E-state index contributed by atoms with van der Waals surface area (Å²) >= 11 is 0. The molecule has 6 heteroatoms. The number of nitrogens with one attached hydrogen (secondary N) is 1. The fourth-order valence-corrected chi connectivity index (χ4v) is 4.12. The number of amides is 2. The Kier molecular flexibility index (Phi) is 6.24. The fourth-order valence-electron chi connectivity index (χ4n) is 4.12. The Balaban J connectivity index is 0.00000208. The molecule has 2 aliphatic carbocycles. The monoisotopic (exact) mass is 351 g/mol. The number of carbonyl (C=O) groups is 2. The van der Waals surface area contributed by atoms with E-state index in [1.807, 2.05) is 12.1 Å². The topological polar surface area (TPSA) is 98.2 Å². The number of rotatable bonds is 4. The smallest absolute Gasteiger partial charge is 0.248 e. The van der Waals surface area contributed by atoms with E-state index in [-0.39, 0.29) is 30.3 Å². The Labute approximate surface area is 149 Å². The fraction of sp³-hybridized carbons (Fsp3) is 0.556. The molecule has 132 valence electrons. The van der Waals surface area contributed by atoms with E-state index >= 15 is 0 Å². The van der Waals surface area contributed by atoms with Crippen LogP contribution in [0.2, 0.25) is 0 Å². The zero-order valence-corrected chi connectivity index (χ0v) is 14.6. The lowest BCUT2D eigenvalue weighted by Crippen LogP contribution is -2.49. The number of halogens is 1. The van der Waals surface area contributed by atoms with Crippen molar-refractivity contribution in [3.8, 4) is 0 Å². The first kappa shape index (κ1) is 18.7. The Morgan fingerprint density at radius 3 is 2.21 bits per heavy atom. The van der Waals surface area contributed by atoms with E-state index in [1.165, 1.54) is 6.42 Å². The highest BCUT2D eigenvalue weighted by atomic mass is 35.5. The molecule has 0 spiro atoms. The number of hydrogen-bond donors (Lipinski definition) is 3. The average molecular weight is 352 g/mol. The van der Waals surface area contributed by atoms with Crippen LogP contribution in [0.3, 0.4) is 0 Å². The number of carbonyl (C=O) groups excluding carboxylic acids is 2. The van der Waals surface area contributed by atoms with Gasteiger partial charge in [-0.05, 0) is 55.2 Å². The Morgan fingerprint density at radius 2 is 1.67 bits per heavy atom. The van der Waals surface area contributed by atoms with Crippen molar-refractivity contribution in [3.63, 3.8) is 0 Å². The van der Waals surface area contributed by atoms with Gasteiger partial charge in [0.1, 0.15) is 0 Å². The summed E-state index contributed by atoms with van der Waals surface area (Å²) in [6.45, 7) is 0.482. The maximum atomic E-state index is 12.5. The molecule has 5 nitrogen and oxygen atoms in total. The molecule has 2 bridgehead atoms. The van der Waals surface area contributed by atoms with Gasteiger partial charge < -0.3 is 16.8 Å². The third-order valence-corrected chi connectivity index (χ3v) is 5.49. The number of nitrogens with two attached hydrogens (primary N) is 2. The molecule has 5 N–H and O–H groups in total. The minimum atomic E-state index is -0.439. The van der Waals surface area contributed by atoms with Crippen LogP contribution in [0.4, 0.5) is 0 Å². The highest BCUT2D eigenvalue weighted by molar-refractivity contribution is 5.92. The van der Waals surface area contributed by atoms with Crippen LogP contribution in [-0.2, 0) is 11.3 Å². The van der Waals surface area contributed by atoms with Crippen LogP contribution >= 0.6 is 12.4 Å². The van der Waals surface area contributed by atoms with Crippen LogP contribution in [0.15, 0.2) is 24.3 Å². The molecule has 0 heterocycles. The Bertz CT molecular complexity index is 576. The lowest BCUT2D eigenvalue weighted by molar-refractivity contribution is -0.128. The van der Waals surface area contributed by atoms with E-state index in [2.05, 4.69) is 5.32 Å². The largest absolute Gasteiger partial charge is 0.366 e. The van der Waals surface area contributed by atoms with Crippen molar-refractivity contribution < 1.29 is 9.59 Å². The highest BCUT2D eigenvalue weighted by Gasteiger charge is 2.40. The summed E-state index contributed by atoms with van der Waals surface area (Å²) in [5, 5.41) is 3.03. The molecular formula is C18H26ClN3O2. The summed E-state index contributed by atoms with van der Waals surface area (Å²) in [7, 11) is 0. The second-order valence-corrected chi connectivity index (χ2v) is 6.98. The quantitative estimate of drug-likeness (QED) is 0.773. The van der Waals surface area contributed by atoms with Gasteiger partial charge in [-0.2, -0.15) is 0 Å². The first-order chi connectivity index (χ1) is 11.0. The molecule has 1 aromatic carbocycles. The van der Waals surface area contributed by atoms with E-state index in [0.717, 1.165) is 31.2 Å². The first-order valence-corrected chi connectivity index (χ1v) is 8.46. The van der Waals surface area contributed by atoms with Gasteiger partial charge in [-0.3, -0.25) is 9.59 Å². The molecule has 0 aliphatic heterocycles. The van der Waals surface area contributed by atoms with Crippen LogP contribution in [0, 0.1) is 17.8 Å². The van der Waals surface area contributed by atoms with Crippen LogP contribution < -0.4 is 16.8 Å². The molecule has 1 aromatic rings. The minimum Gasteiger partial charge on any atom is -0.366 e. The predicted molar refractivity (Wildman–Crippen MR) is 95.6 cm³/mol. The van der Waals surface area contributed by atoms with Gasteiger partial charge in [0.2, 0.25) is 11.8 Å². The van der Waals surface area contributed by atoms with Crippen molar-refractivity contribution in [2.75, 3.05) is 0 Å². The van der Waals surface area contributed by atoms with Crippen molar-refractivity contribution in [2.24, 2.45) is 29.2 Å². The van der Waals surface area contributed by atoms with Gasteiger partial charge in [0.25, 0.3) is 0 Å². The van der Waals surface area contributed by atoms with E-state index < -0.39 is 5.91 Å². The zero-order chi connectivity index (χ0) is 16.4.